The number of hydrogen-bond donors (Lipinski definition) is 0. The van der Waals surface area contributed by atoms with Crippen molar-refractivity contribution >= 4 is 23.2 Å². The van der Waals surface area contributed by atoms with E-state index in [2.05, 4.69) is 10.1 Å². The van der Waals surface area contributed by atoms with Gasteiger partial charge in [0.15, 0.2) is 17.3 Å². The SMILES string of the molecule is COc1ccc(N2CC(c3noc(-c4ccc(OC)c(OC)c4)n3)CC2=O)cc1Cl. The zero-order chi connectivity index (χ0) is 21.3. The van der Waals surface area contributed by atoms with Crippen molar-refractivity contribution in [2.75, 3.05) is 32.8 Å². The molecule has 2 heterocycles. The number of hydrogen-bond acceptors (Lipinski definition) is 7. The first-order chi connectivity index (χ1) is 14.5. The maximum Gasteiger partial charge on any atom is 0.258 e. The van der Waals surface area contributed by atoms with Crippen molar-refractivity contribution in [2.45, 2.75) is 12.3 Å². The number of ether oxygens (including phenoxy) is 3. The van der Waals surface area contributed by atoms with E-state index in [0.29, 0.717) is 51.8 Å². The van der Waals surface area contributed by atoms with Gasteiger partial charge in [-0.15, -0.1) is 0 Å². The summed E-state index contributed by atoms with van der Waals surface area (Å²) in [4.78, 5) is 18.8. The van der Waals surface area contributed by atoms with E-state index in [-0.39, 0.29) is 18.2 Å². The molecule has 9 heteroatoms. The highest BCUT2D eigenvalue weighted by Crippen LogP contribution is 2.36. The number of benzene rings is 2. The number of carbonyl (C=O) groups is 1. The first-order valence-electron chi connectivity index (χ1n) is 9.24. The van der Waals surface area contributed by atoms with E-state index in [0.717, 1.165) is 0 Å². The summed E-state index contributed by atoms with van der Waals surface area (Å²) in [6, 6.07) is 10.6. The molecule has 0 aliphatic carbocycles. The number of carbonyl (C=O) groups excluding carboxylic acids is 1. The van der Waals surface area contributed by atoms with Crippen molar-refractivity contribution in [2.24, 2.45) is 0 Å². The summed E-state index contributed by atoms with van der Waals surface area (Å²) in [6.45, 7) is 0.437. The molecule has 1 aromatic heterocycles. The minimum absolute atomic E-state index is 0.0290. The van der Waals surface area contributed by atoms with Crippen LogP contribution in [0.3, 0.4) is 0 Å². The van der Waals surface area contributed by atoms with Crippen LogP contribution in [0.15, 0.2) is 40.9 Å². The van der Waals surface area contributed by atoms with Crippen LogP contribution in [0.2, 0.25) is 5.02 Å². The number of amides is 1. The molecular weight excluding hydrogens is 410 g/mol. The van der Waals surface area contributed by atoms with Crippen LogP contribution >= 0.6 is 11.6 Å². The Labute approximate surface area is 178 Å². The van der Waals surface area contributed by atoms with Gasteiger partial charge in [-0.2, -0.15) is 4.98 Å². The molecule has 1 amide bonds. The lowest BCUT2D eigenvalue weighted by Crippen LogP contribution is -2.24. The number of rotatable bonds is 6. The number of methoxy groups -OCH3 is 3. The zero-order valence-electron chi connectivity index (χ0n) is 16.7. The van der Waals surface area contributed by atoms with Gasteiger partial charge in [0.1, 0.15) is 5.75 Å². The molecule has 4 rings (SSSR count). The molecule has 1 unspecified atom stereocenters. The fourth-order valence-electron chi connectivity index (χ4n) is 3.44. The van der Waals surface area contributed by atoms with Gasteiger partial charge < -0.3 is 23.6 Å². The Morgan fingerprint density at radius 2 is 1.77 bits per heavy atom. The molecule has 0 radical (unpaired) electrons. The van der Waals surface area contributed by atoms with E-state index in [9.17, 15) is 4.79 Å². The lowest BCUT2D eigenvalue weighted by Gasteiger charge is -2.17. The van der Waals surface area contributed by atoms with Crippen molar-refractivity contribution in [3.05, 3.63) is 47.2 Å². The predicted octanol–water partition coefficient (Wildman–Crippen LogP) is 3.94. The number of anilines is 1. The monoisotopic (exact) mass is 429 g/mol. The van der Waals surface area contributed by atoms with Crippen LogP contribution < -0.4 is 19.1 Å². The molecule has 1 fully saturated rings. The minimum atomic E-state index is -0.184. The third-order valence-corrected chi connectivity index (χ3v) is 5.30. The first-order valence-corrected chi connectivity index (χ1v) is 9.61. The highest BCUT2D eigenvalue weighted by Gasteiger charge is 2.35. The second-order valence-corrected chi connectivity index (χ2v) is 7.16. The van der Waals surface area contributed by atoms with E-state index in [1.807, 2.05) is 6.07 Å². The van der Waals surface area contributed by atoms with Crippen molar-refractivity contribution < 1.29 is 23.5 Å². The average Bonchev–Trinajstić information content (AvgIpc) is 3.40. The molecule has 0 N–H and O–H groups in total. The first kappa shape index (κ1) is 20.0. The summed E-state index contributed by atoms with van der Waals surface area (Å²) >= 11 is 6.20. The Morgan fingerprint density at radius 1 is 1.03 bits per heavy atom. The molecule has 1 atom stereocenters. The van der Waals surface area contributed by atoms with Crippen LogP contribution in [0.4, 0.5) is 5.69 Å². The molecular formula is C21H20ClN3O5. The van der Waals surface area contributed by atoms with Gasteiger partial charge in [-0.05, 0) is 36.4 Å². The molecule has 1 saturated heterocycles. The van der Waals surface area contributed by atoms with Crippen LogP contribution in [0.5, 0.6) is 17.2 Å². The van der Waals surface area contributed by atoms with E-state index >= 15 is 0 Å². The summed E-state index contributed by atoms with van der Waals surface area (Å²) in [5, 5.41) is 4.54. The van der Waals surface area contributed by atoms with Gasteiger partial charge >= 0.3 is 0 Å². The summed E-state index contributed by atoms with van der Waals surface area (Å²) in [6.07, 6.45) is 0.286. The molecule has 8 nitrogen and oxygen atoms in total. The number of nitrogens with zero attached hydrogens (tertiary/aromatic N) is 3. The third-order valence-electron chi connectivity index (χ3n) is 5.01. The van der Waals surface area contributed by atoms with Crippen LogP contribution in [0.25, 0.3) is 11.5 Å². The van der Waals surface area contributed by atoms with Crippen molar-refractivity contribution in [1.82, 2.24) is 10.1 Å². The fourth-order valence-corrected chi connectivity index (χ4v) is 3.69. The highest BCUT2D eigenvalue weighted by atomic mass is 35.5. The van der Waals surface area contributed by atoms with Crippen LogP contribution in [0.1, 0.15) is 18.2 Å². The molecule has 3 aromatic rings. The standard InChI is InChI=1S/C21H20ClN3O5/c1-27-16-7-5-14(10-15(16)22)25-11-13(9-19(25)26)20-23-21(30-24-20)12-4-6-17(28-2)18(8-12)29-3/h4-8,10,13H,9,11H2,1-3H3. The normalized spacial score (nSPS) is 16.1. The summed E-state index contributed by atoms with van der Waals surface area (Å²) < 4.78 is 21.2. The maximum absolute atomic E-state index is 12.6. The largest absolute Gasteiger partial charge is 0.495 e. The minimum Gasteiger partial charge on any atom is -0.495 e. The maximum atomic E-state index is 12.6. The summed E-state index contributed by atoms with van der Waals surface area (Å²) in [5.74, 6) is 2.35. The molecule has 0 saturated carbocycles. The van der Waals surface area contributed by atoms with Gasteiger partial charge in [-0.1, -0.05) is 16.8 Å². The molecule has 1 aliphatic rings. The van der Waals surface area contributed by atoms with E-state index in [1.165, 1.54) is 0 Å². The predicted molar refractivity (Wildman–Crippen MR) is 111 cm³/mol. The molecule has 156 valence electrons. The quantitative estimate of drug-likeness (QED) is 0.586. The number of halogens is 1. The van der Waals surface area contributed by atoms with Crippen LogP contribution in [-0.2, 0) is 4.79 Å². The fraction of sp³-hybridized carbons (Fsp3) is 0.286. The van der Waals surface area contributed by atoms with E-state index in [1.54, 1.807) is 56.6 Å². The summed E-state index contributed by atoms with van der Waals surface area (Å²) in [7, 11) is 4.68. The van der Waals surface area contributed by atoms with E-state index in [4.69, 9.17) is 30.3 Å². The van der Waals surface area contributed by atoms with Gasteiger partial charge in [-0.25, -0.2) is 0 Å². The Kier molecular flexibility index (Phi) is 5.50. The van der Waals surface area contributed by atoms with Gasteiger partial charge in [0, 0.05) is 30.1 Å². The van der Waals surface area contributed by atoms with Crippen LogP contribution in [0, 0.1) is 0 Å². The van der Waals surface area contributed by atoms with Crippen LogP contribution in [-0.4, -0.2) is 43.9 Å². The van der Waals surface area contributed by atoms with Crippen molar-refractivity contribution in [3.63, 3.8) is 0 Å². The molecule has 0 spiro atoms. The van der Waals surface area contributed by atoms with E-state index < -0.39 is 0 Å². The average molecular weight is 430 g/mol. The lowest BCUT2D eigenvalue weighted by molar-refractivity contribution is -0.117. The molecule has 2 aromatic carbocycles. The molecule has 1 aliphatic heterocycles. The smallest absolute Gasteiger partial charge is 0.258 e. The topological polar surface area (TPSA) is 86.9 Å². The Morgan fingerprint density at radius 3 is 2.47 bits per heavy atom. The Hall–Kier alpha value is -3.26. The van der Waals surface area contributed by atoms with Crippen molar-refractivity contribution in [3.8, 4) is 28.7 Å². The Balaban J connectivity index is 1.55. The zero-order valence-corrected chi connectivity index (χ0v) is 17.5. The second-order valence-electron chi connectivity index (χ2n) is 6.75. The van der Waals surface area contributed by atoms with Gasteiger partial charge in [0.05, 0.1) is 26.4 Å². The Bertz CT molecular complexity index is 1080. The second kappa shape index (κ2) is 8.23. The molecule has 30 heavy (non-hydrogen) atoms. The van der Waals surface area contributed by atoms with Gasteiger partial charge in [0.2, 0.25) is 5.91 Å². The van der Waals surface area contributed by atoms with Gasteiger partial charge in [0.25, 0.3) is 5.89 Å². The van der Waals surface area contributed by atoms with Crippen molar-refractivity contribution in [1.29, 1.82) is 0 Å². The lowest BCUT2D eigenvalue weighted by atomic mass is 10.1. The van der Waals surface area contributed by atoms with Gasteiger partial charge in [-0.3, -0.25) is 4.79 Å². The summed E-state index contributed by atoms with van der Waals surface area (Å²) in [5.41, 5.74) is 1.41. The third kappa shape index (κ3) is 3.66. The molecule has 0 bridgehead atoms. The highest BCUT2D eigenvalue weighted by molar-refractivity contribution is 6.32. The number of aromatic nitrogens is 2.